The molecule has 2 amide bonds. The normalized spacial score (nSPS) is 15.9. The fraction of sp³-hybridized carbons (Fsp3) is 0.500. The van der Waals surface area contributed by atoms with Crippen molar-refractivity contribution < 1.29 is 9.59 Å². The first kappa shape index (κ1) is 14.8. The molecule has 2 rings (SSSR count). The van der Waals surface area contributed by atoms with Gasteiger partial charge in [-0.25, -0.2) is 4.98 Å². The molecule has 1 aromatic heterocycles. The topological polar surface area (TPSA) is 53.5 Å². The zero-order valence-corrected chi connectivity index (χ0v) is 12.3. The molecular formula is C14H18ClN3O2. The molecule has 0 atom stereocenters. The SMILES string of the molecule is CCC(=O)N1CCCN(C(=O)c2cccc(Cl)n2)CC1. The van der Waals surface area contributed by atoms with Crippen LogP contribution in [0.5, 0.6) is 0 Å². The summed E-state index contributed by atoms with van der Waals surface area (Å²) >= 11 is 5.81. The van der Waals surface area contributed by atoms with Crippen LogP contribution in [0.4, 0.5) is 0 Å². The third-order valence-electron chi connectivity index (χ3n) is 3.37. The summed E-state index contributed by atoms with van der Waals surface area (Å²) in [5, 5.41) is 0.313. The van der Waals surface area contributed by atoms with Gasteiger partial charge in [-0.05, 0) is 18.6 Å². The quantitative estimate of drug-likeness (QED) is 0.782. The molecule has 0 bridgehead atoms. The lowest BCUT2D eigenvalue weighted by molar-refractivity contribution is -0.130. The number of hydrogen-bond acceptors (Lipinski definition) is 3. The van der Waals surface area contributed by atoms with E-state index in [4.69, 9.17) is 11.6 Å². The molecule has 1 aliphatic rings. The van der Waals surface area contributed by atoms with Gasteiger partial charge in [-0.2, -0.15) is 0 Å². The molecule has 0 saturated carbocycles. The second-order valence-corrected chi connectivity index (χ2v) is 5.11. The molecule has 0 unspecified atom stereocenters. The van der Waals surface area contributed by atoms with Crippen LogP contribution >= 0.6 is 11.6 Å². The van der Waals surface area contributed by atoms with Gasteiger partial charge < -0.3 is 9.80 Å². The Balaban J connectivity index is 2.03. The van der Waals surface area contributed by atoms with Crippen LogP contribution in [-0.4, -0.2) is 52.8 Å². The van der Waals surface area contributed by atoms with E-state index < -0.39 is 0 Å². The molecule has 20 heavy (non-hydrogen) atoms. The predicted octanol–water partition coefficient (Wildman–Crippen LogP) is 1.82. The van der Waals surface area contributed by atoms with Crippen LogP contribution in [0.3, 0.4) is 0 Å². The maximum absolute atomic E-state index is 12.4. The second-order valence-electron chi connectivity index (χ2n) is 4.73. The molecule has 0 radical (unpaired) electrons. The Labute approximate surface area is 123 Å². The number of aromatic nitrogens is 1. The van der Waals surface area contributed by atoms with E-state index in [2.05, 4.69) is 4.98 Å². The van der Waals surface area contributed by atoms with E-state index in [-0.39, 0.29) is 11.8 Å². The van der Waals surface area contributed by atoms with Crippen LogP contribution in [0.15, 0.2) is 18.2 Å². The van der Waals surface area contributed by atoms with Gasteiger partial charge in [0.2, 0.25) is 5.91 Å². The van der Waals surface area contributed by atoms with Crippen LogP contribution in [0, 0.1) is 0 Å². The summed E-state index contributed by atoms with van der Waals surface area (Å²) in [4.78, 5) is 31.7. The highest BCUT2D eigenvalue weighted by Crippen LogP contribution is 2.11. The lowest BCUT2D eigenvalue weighted by Crippen LogP contribution is -2.37. The van der Waals surface area contributed by atoms with Crippen LogP contribution in [0.2, 0.25) is 5.15 Å². The van der Waals surface area contributed by atoms with E-state index in [1.165, 1.54) is 0 Å². The highest BCUT2D eigenvalue weighted by Gasteiger charge is 2.22. The first-order valence-corrected chi connectivity index (χ1v) is 7.19. The minimum Gasteiger partial charge on any atom is -0.341 e. The number of carbonyl (C=O) groups is 2. The standard InChI is InChI=1S/C14H18ClN3O2/c1-2-13(19)17-7-4-8-18(10-9-17)14(20)11-5-3-6-12(15)16-11/h3,5-6H,2,4,7-10H2,1H3. The van der Waals surface area contributed by atoms with Gasteiger partial charge in [0.15, 0.2) is 0 Å². The highest BCUT2D eigenvalue weighted by atomic mass is 35.5. The van der Waals surface area contributed by atoms with Crippen LogP contribution in [0.25, 0.3) is 0 Å². The van der Waals surface area contributed by atoms with Gasteiger partial charge in [-0.3, -0.25) is 9.59 Å². The second kappa shape index (κ2) is 6.70. The van der Waals surface area contributed by atoms with E-state index in [0.29, 0.717) is 43.4 Å². The average Bonchev–Trinajstić information content (AvgIpc) is 2.71. The van der Waals surface area contributed by atoms with Crippen molar-refractivity contribution in [1.82, 2.24) is 14.8 Å². The van der Waals surface area contributed by atoms with Crippen molar-refractivity contribution in [3.8, 4) is 0 Å². The summed E-state index contributed by atoms with van der Waals surface area (Å²) in [6.45, 7) is 4.32. The van der Waals surface area contributed by atoms with Gasteiger partial charge in [0.05, 0.1) is 0 Å². The highest BCUT2D eigenvalue weighted by molar-refractivity contribution is 6.29. The third-order valence-corrected chi connectivity index (χ3v) is 3.58. The lowest BCUT2D eigenvalue weighted by Gasteiger charge is -2.21. The van der Waals surface area contributed by atoms with Crippen molar-refractivity contribution in [3.63, 3.8) is 0 Å². The van der Waals surface area contributed by atoms with Gasteiger partial charge in [0, 0.05) is 32.6 Å². The Hall–Kier alpha value is -1.62. The van der Waals surface area contributed by atoms with Crippen molar-refractivity contribution in [3.05, 3.63) is 29.0 Å². The molecule has 2 heterocycles. The Morgan fingerprint density at radius 3 is 2.60 bits per heavy atom. The molecule has 0 N–H and O–H groups in total. The summed E-state index contributed by atoms with van der Waals surface area (Å²) in [6, 6.07) is 5.02. The fourth-order valence-electron chi connectivity index (χ4n) is 2.28. The molecule has 0 aliphatic carbocycles. The predicted molar refractivity (Wildman–Crippen MR) is 76.6 cm³/mol. The van der Waals surface area contributed by atoms with Gasteiger partial charge in [-0.1, -0.05) is 24.6 Å². The lowest BCUT2D eigenvalue weighted by atomic mass is 10.3. The molecule has 0 spiro atoms. The Morgan fingerprint density at radius 1 is 1.20 bits per heavy atom. The smallest absolute Gasteiger partial charge is 0.272 e. The van der Waals surface area contributed by atoms with Crippen molar-refractivity contribution in [1.29, 1.82) is 0 Å². The fourth-order valence-corrected chi connectivity index (χ4v) is 2.45. The maximum Gasteiger partial charge on any atom is 0.272 e. The summed E-state index contributed by atoms with van der Waals surface area (Å²) < 4.78 is 0. The number of amides is 2. The minimum atomic E-state index is -0.127. The largest absolute Gasteiger partial charge is 0.341 e. The average molecular weight is 296 g/mol. The molecule has 1 aromatic rings. The summed E-state index contributed by atoms with van der Waals surface area (Å²) in [5.74, 6) is 0.0125. The summed E-state index contributed by atoms with van der Waals surface area (Å²) in [7, 11) is 0. The van der Waals surface area contributed by atoms with Crippen molar-refractivity contribution in [2.24, 2.45) is 0 Å². The number of rotatable bonds is 2. The molecule has 108 valence electrons. The first-order valence-electron chi connectivity index (χ1n) is 6.81. The summed E-state index contributed by atoms with van der Waals surface area (Å²) in [5.41, 5.74) is 0.354. The van der Waals surface area contributed by atoms with E-state index in [0.717, 1.165) is 6.42 Å². The molecule has 5 nitrogen and oxygen atoms in total. The van der Waals surface area contributed by atoms with Crippen LogP contribution in [-0.2, 0) is 4.79 Å². The number of carbonyl (C=O) groups excluding carboxylic acids is 2. The molecule has 1 fully saturated rings. The van der Waals surface area contributed by atoms with Gasteiger partial charge >= 0.3 is 0 Å². The third kappa shape index (κ3) is 3.48. The maximum atomic E-state index is 12.4. The number of nitrogens with zero attached hydrogens (tertiary/aromatic N) is 3. The van der Waals surface area contributed by atoms with E-state index in [1.807, 2.05) is 11.8 Å². The Bertz CT molecular complexity index is 507. The van der Waals surface area contributed by atoms with Gasteiger partial charge in [0.1, 0.15) is 10.8 Å². The van der Waals surface area contributed by atoms with Crippen molar-refractivity contribution in [2.45, 2.75) is 19.8 Å². The van der Waals surface area contributed by atoms with E-state index in [9.17, 15) is 9.59 Å². The zero-order chi connectivity index (χ0) is 14.5. The van der Waals surface area contributed by atoms with Crippen molar-refractivity contribution in [2.75, 3.05) is 26.2 Å². The number of halogens is 1. The molecular weight excluding hydrogens is 278 g/mol. The first-order chi connectivity index (χ1) is 9.61. The van der Waals surface area contributed by atoms with Crippen molar-refractivity contribution >= 4 is 23.4 Å². The molecule has 6 heteroatoms. The monoisotopic (exact) mass is 295 g/mol. The summed E-state index contributed by atoms with van der Waals surface area (Å²) in [6.07, 6.45) is 1.29. The molecule has 1 aliphatic heterocycles. The van der Waals surface area contributed by atoms with Gasteiger partial charge in [-0.15, -0.1) is 0 Å². The molecule has 0 aromatic carbocycles. The van der Waals surface area contributed by atoms with E-state index in [1.54, 1.807) is 23.1 Å². The number of hydrogen-bond donors (Lipinski definition) is 0. The minimum absolute atomic E-state index is 0.127. The zero-order valence-electron chi connectivity index (χ0n) is 11.5. The van der Waals surface area contributed by atoms with Crippen LogP contribution < -0.4 is 0 Å². The molecule has 1 saturated heterocycles. The van der Waals surface area contributed by atoms with Gasteiger partial charge in [0.25, 0.3) is 5.91 Å². The number of pyridine rings is 1. The van der Waals surface area contributed by atoms with Crippen LogP contribution in [0.1, 0.15) is 30.3 Å². The Kier molecular flexibility index (Phi) is 4.95. The van der Waals surface area contributed by atoms with E-state index >= 15 is 0 Å². The Morgan fingerprint density at radius 2 is 1.90 bits per heavy atom.